The van der Waals surface area contributed by atoms with E-state index in [0.29, 0.717) is 8.95 Å². The molecule has 0 aliphatic rings. The minimum absolute atomic E-state index is 0.0836. The number of nitrogens with one attached hydrogen (secondary N) is 1. The molecule has 1 aromatic carbocycles. The van der Waals surface area contributed by atoms with Gasteiger partial charge in [0, 0.05) is 8.95 Å². The summed E-state index contributed by atoms with van der Waals surface area (Å²) in [5.41, 5.74) is 0.904. The van der Waals surface area contributed by atoms with Crippen molar-refractivity contribution in [2.24, 2.45) is 0 Å². The van der Waals surface area contributed by atoms with Crippen LogP contribution in [0, 0.1) is 6.92 Å². The Morgan fingerprint density at radius 1 is 1.17 bits per heavy atom. The lowest BCUT2D eigenvalue weighted by atomic mass is 9.99. The van der Waals surface area contributed by atoms with Crippen molar-refractivity contribution in [2.75, 3.05) is 7.05 Å². The lowest BCUT2D eigenvalue weighted by Gasteiger charge is -2.27. The Hall–Kier alpha value is -0.140. The van der Waals surface area contributed by atoms with Crippen LogP contribution in [0.25, 0.3) is 0 Å². The fourth-order valence-corrected chi connectivity index (χ4v) is 2.61. The molecular formula is C11H11Br2F4N. The van der Waals surface area contributed by atoms with Crippen molar-refractivity contribution in [3.05, 3.63) is 32.2 Å². The number of benzene rings is 1. The van der Waals surface area contributed by atoms with E-state index in [4.69, 9.17) is 0 Å². The molecule has 0 saturated carbocycles. The van der Waals surface area contributed by atoms with Crippen LogP contribution in [-0.4, -0.2) is 19.4 Å². The summed E-state index contributed by atoms with van der Waals surface area (Å²) < 4.78 is 52.7. The molecule has 0 aliphatic carbocycles. The highest BCUT2D eigenvalue weighted by Gasteiger charge is 2.49. The highest BCUT2D eigenvalue weighted by atomic mass is 79.9. The molecule has 0 amide bonds. The Morgan fingerprint density at radius 3 is 2.17 bits per heavy atom. The quantitative estimate of drug-likeness (QED) is 0.733. The maximum atomic E-state index is 13.5. The van der Waals surface area contributed by atoms with Gasteiger partial charge in [0.2, 0.25) is 0 Å². The van der Waals surface area contributed by atoms with Crippen molar-refractivity contribution in [3.8, 4) is 0 Å². The molecule has 0 aromatic heterocycles. The van der Waals surface area contributed by atoms with Gasteiger partial charge in [-0.25, -0.2) is 8.78 Å². The average Bonchev–Trinajstić information content (AvgIpc) is 2.25. The van der Waals surface area contributed by atoms with Gasteiger partial charge in [-0.15, -0.1) is 0 Å². The fourth-order valence-electron chi connectivity index (χ4n) is 1.56. The summed E-state index contributed by atoms with van der Waals surface area (Å²) in [5, 5.41) is 2.25. The van der Waals surface area contributed by atoms with Crippen LogP contribution in [0.1, 0.15) is 17.2 Å². The molecule has 0 saturated heterocycles. The molecule has 1 aromatic rings. The van der Waals surface area contributed by atoms with Gasteiger partial charge in [-0.2, -0.15) is 8.78 Å². The fraction of sp³-hybridized carbons (Fsp3) is 0.455. The average molecular weight is 393 g/mol. The van der Waals surface area contributed by atoms with E-state index in [0.717, 1.165) is 5.56 Å². The lowest BCUT2D eigenvalue weighted by molar-refractivity contribution is -0.150. The smallest absolute Gasteiger partial charge is 0.308 e. The number of halogens is 6. The van der Waals surface area contributed by atoms with Gasteiger partial charge in [0.05, 0.1) is 0 Å². The third-order valence-electron chi connectivity index (χ3n) is 2.55. The molecule has 1 atom stereocenters. The van der Waals surface area contributed by atoms with E-state index in [1.54, 1.807) is 13.0 Å². The number of rotatable bonds is 4. The van der Waals surface area contributed by atoms with Crippen LogP contribution in [0.5, 0.6) is 0 Å². The monoisotopic (exact) mass is 391 g/mol. The van der Waals surface area contributed by atoms with Gasteiger partial charge in [0.15, 0.2) is 0 Å². The second-order valence-corrected chi connectivity index (χ2v) is 5.53. The summed E-state index contributed by atoms with van der Waals surface area (Å²) in [6, 6.07) is 1.26. The predicted octanol–water partition coefficient (Wildman–Crippen LogP) is 4.68. The highest BCUT2D eigenvalue weighted by Crippen LogP contribution is 2.40. The Morgan fingerprint density at radius 2 is 1.72 bits per heavy atom. The van der Waals surface area contributed by atoms with Crippen LogP contribution in [-0.2, 0) is 0 Å². The summed E-state index contributed by atoms with van der Waals surface area (Å²) in [5.74, 6) is -4.15. The molecule has 1 nitrogen and oxygen atoms in total. The number of aryl methyl sites for hydroxylation is 1. The zero-order valence-corrected chi connectivity index (χ0v) is 12.7. The van der Waals surface area contributed by atoms with Gasteiger partial charge in [-0.3, -0.25) is 0 Å². The van der Waals surface area contributed by atoms with Crippen LogP contribution in [0.15, 0.2) is 21.1 Å². The molecule has 1 N–H and O–H groups in total. The summed E-state index contributed by atoms with van der Waals surface area (Å²) in [7, 11) is 1.22. The third kappa shape index (κ3) is 3.05. The summed E-state index contributed by atoms with van der Waals surface area (Å²) >= 11 is 6.33. The SMILES string of the molecule is CNC(c1cc(Br)c(C)cc1Br)C(F)(F)C(F)F. The van der Waals surface area contributed by atoms with Gasteiger partial charge < -0.3 is 5.32 Å². The van der Waals surface area contributed by atoms with Gasteiger partial charge in [-0.05, 0) is 37.2 Å². The molecule has 0 radical (unpaired) electrons. The Labute approximate surface area is 119 Å². The Kier molecular flexibility index (Phi) is 5.20. The first-order valence-electron chi connectivity index (χ1n) is 5.00. The zero-order valence-electron chi connectivity index (χ0n) is 9.58. The van der Waals surface area contributed by atoms with Crippen molar-refractivity contribution < 1.29 is 17.6 Å². The van der Waals surface area contributed by atoms with Crippen LogP contribution in [0.2, 0.25) is 0 Å². The van der Waals surface area contributed by atoms with Crippen molar-refractivity contribution in [1.29, 1.82) is 0 Å². The van der Waals surface area contributed by atoms with Crippen LogP contribution >= 0.6 is 31.9 Å². The maximum Gasteiger partial charge on any atom is 0.326 e. The summed E-state index contributed by atoms with van der Waals surface area (Å²) in [6.45, 7) is 1.78. The highest BCUT2D eigenvalue weighted by molar-refractivity contribution is 9.11. The molecule has 0 bridgehead atoms. The summed E-state index contributed by atoms with van der Waals surface area (Å²) in [4.78, 5) is 0. The number of hydrogen-bond donors (Lipinski definition) is 1. The largest absolute Gasteiger partial charge is 0.326 e. The Balaban J connectivity index is 3.30. The van der Waals surface area contributed by atoms with Crippen molar-refractivity contribution >= 4 is 31.9 Å². The molecule has 18 heavy (non-hydrogen) atoms. The molecule has 1 unspecified atom stereocenters. The van der Waals surface area contributed by atoms with E-state index in [1.807, 2.05) is 0 Å². The second-order valence-electron chi connectivity index (χ2n) is 3.82. The Bertz CT molecular complexity index is 437. The zero-order chi connectivity index (χ0) is 14.1. The van der Waals surface area contributed by atoms with Crippen LogP contribution in [0.3, 0.4) is 0 Å². The number of alkyl halides is 4. The molecule has 0 fully saturated rings. The minimum atomic E-state index is -4.15. The molecule has 7 heteroatoms. The first-order valence-corrected chi connectivity index (χ1v) is 6.59. The van der Waals surface area contributed by atoms with E-state index < -0.39 is 18.4 Å². The van der Waals surface area contributed by atoms with Gasteiger partial charge in [-0.1, -0.05) is 31.9 Å². The topological polar surface area (TPSA) is 12.0 Å². The number of hydrogen-bond acceptors (Lipinski definition) is 1. The first kappa shape index (κ1) is 15.9. The lowest BCUT2D eigenvalue weighted by Crippen LogP contribution is -2.41. The standard InChI is InChI=1S/C11H11Br2F4N/c1-5-3-8(13)6(4-7(5)12)9(18-2)11(16,17)10(14)15/h3-4,9-10,18H,1-2H3. The molecule has 0 spiro atoms. The van der Waals surface area contributed by atoms with Crippen LogP contribution in [0.4, 0.5) is 17.6 Å². The van der Waals surface area contributed by atoms with E-state index in [2.05, 4.69) is 37.2 Å². The van der Waals surface area contributed by atoms with Crippen molar-refractivity contribution in [3.63, 3.8) is 0 Å². The maximum absolute atomic E-state index is 13.5. The van der Waals surface area contributed by atoms with E-state index in [-0.39, 0.29) is 5.56 Å². The predicted molar refractivity (Wildman–Crippen MR) is 69.3 cm³/mol. The second kappa shape index (κ2) is 5.88. The van der Waals surface area contributed by atoms with Gasteiger partial charge in [0.25, 0.3) is 0 Å². The first-order chi connectivity index (χ1) is 8.21. The summed E-state index contributed by atoms with van der Waals surface area (Å²) in [6.07, 6.45) is -3.73. The molecule has 0 aliphatic heterocycles. The molecule has 0 heterocycles. The van der Waals surface area contributed by atoms with E-state index in [1.165, 1.54) is 13.1 Å². The van der Waals surface area contributed by atoms with Crippen molar-refractivity contribution in [2.45, 2.75) is 25.3 Å². The third-order valence-corrected chi connectivity index (χ3v) is 4.09. The van der Waals surface area contributed by atoms with Crippen molar-refractivity contribution in [1.82, 2.24) is 5.32 Å². The molecule has 102 valence electrons. The van der Waals surface area contributed by atoms with Gasteiger partial charge >= 0.3 is 12.3 Å². The molecular weight excluding hydrogens is 382 g/mol. The minimum Gasteiger partial charge on any atom is -0.308 e. The van der Waals surface area contributed by atoms with E-state index >= 15 is 0 Å². The van der Waals surface area contributed by atoms with Gasteiger partial charge in [0.1, 0.15) is 6.04 Å². The van der Waals surface area contributed by atoms with E-state index in [9.17, 15) is 17.6 Å². The molecule has 1 rings (SSSR count). The normalized spacial score (nSPS) is 14.1. The van der Waals surface area contributed by atoms with Crippen LogP contribution < -0.4 is 5.32 Å².